The predicted molar refractivity (Wildman–Crippen MR) is 112 cm³/mol. The predicted octanol–water partition coefficient (Wildman–Crippen LogP) is 4.18. The van der Waals surface area contributed by atoms with Crippen LogP contribution in [0, 0.1) is 17.2 Å². The highest BCUT2D eigenvalue weighted by Crippen LogP contribution is 2.38. The molecule has 0 bridgehead atoms. The summed E-state index contributed by atoms with van der Waals surface area (Å²) in [6.45, 7) is 4.87. The third kappa shape index (κ3) is 4.19. The molecule has 2 amide bonds. The van der Waals surface area contributed by atoms with Crippen molar-refractivity contribution in [2.45, 2.75) is 39.5 Å². The fraction of sp³-hybridized carbons (Fsp3) is 0.417. The highest BCUT2D eigenvalue weighted by molar-refractivity contribution is 5.85. The van der Waals surface area contributed by atoms with Crippen LogP contribution in [0.4, 0.5) is 4.39 Å². The highest BCUT2D eigenvalue weighted by atomic mass is 19.1. The second-order valence-corrected chi connectivity index (χ2v) is 7.98. The van der Waals surface area contributed by atoms with E-state index >= 15 is 0 Å². The van der Waals surface area contributed by atoms with Crippen LogP contribution in [0.2, 0.25) is 0 Å². The Morgan fingerprint density at radius 3 is 2.31 bits per heavy atom. The third-order valence-electron chi connectivity index (χ3n) is 6.23. The van der Waals surface area contributed by atoms with Gasteiger partial charge < -0.3 is 10.6 Å². The number of amides is 2. The average Bonchev–Trinajstić information content (AvgIpc) is 3.15. The molecule has 0 spiro atoms. The fourth-order valence-electron chi connectivity index (χ4n) is 4.37. The fourth-order valence-corrected chi connectivity index (χ4v) is 4.37. The van der Waals surface area contributed by atoms with Crippen LogP contribution >= 0.6 is 0 Å². The molecule has 4 nitrogen and oxygen atoms in total. The zero-order chi connectivity index (χ0) is 21.0. The second kappa shape index (κ2) is 8.76. The van der Waals surface area contributed by atoms with Crippen molar-refractivity contribution in [1.29, 1.82) is 0 Å². The summed E-state index contributed by atoms with van der Waals surface area (Å²) in [6.07, 6.45) is 2.48. The normalized spacial score (nSPS) is 19.0. The largest absolute Gasteiger partial charge is 0.369 e. The molecule has 3 rings (SSSR count). The summed E-state index contributed by atoms with van der Waals surface area (Å²) in [4.78, 5) is 27.1. The molecule has 2 aromatic carbocycles. The molecule has 1 aliphatic heterocycles. The van der Waals surface area contributed by atoms with Crippen LogP contribution in [0.15, 0.2) is 48.5 Å². The molecule has 0 aliphatic carbocycles. The molecule has 0 saturated carbocycles. The van der Waals surface area contributed by atoms with Gasteiger partial charge in [-0.3, -0.25) is 9.59 Å². The lowest BCUT2D eigenvalue weighted by molar-refractivity contribution is -0.135. The number of benzene rings is 2. The Bertz CT molecular complexity index is 894. The number of nitrogens with two attached hydrogens (primary N) is 1. The molecule has 0 unspecified atom stereocenters. The minimum atomic E-state index is -0.830. The maximum atomic E-state index is 14.4. The highest BCUT2D eigenvalue weighted by Gasteiger charge is 2.45. The van der Waals surface area contributed by atoms with Crippen molar-refractivity contribution in [2.75, 3.05) is 13.1 Å². The summed E-state index contributed by atoms with van der Waals surface area (Å²) in [5.41, 5.74) is 7.16. The van der Waals surface area contributed by atoms with E-state index < -0.39 is 11.3 Å². The smallest absolute Gasteiger partial charge is 0.225 e. The Morgan fingerprint density at radius 2 is 1.69 bits per heavy atom. The van der Waals surface area contributed by atoms with Crippen LogP contribution in [0.3, 0.4) is 0 Å². The molecule has 1 fully saturated rings. The molecule has 154 valence electrons. The van der Waals surface area contributed by atoms with E-state index in [0.717, 1.165) is 24.0 Å². The van der Waals surface area contributed by atoms with Gasteiger partial charge in [0.05, 0.1) is 5.41 Å². The first-order chi connectivity index (χ1) is 13.9. The van der Waals surface area contributed by atoms with Gasteiger partial charge in [-0.05, 0) is 42.9 Å². The van der Waals surface area contributed by atoms with Crippen LogP contribution in [-0.2, 0) is 16.0 Å². The van der Waals surface area contributed by atoms with Gasteiger partial charge >= 0.3 is 0 Å². The summed E-state index contributed by atoms with van der Waals surface area (Å²) < 4.78 is 14.4. The number of nitrogens with zero attached hydrogens (tertiary/aromatic N) is 1. The maximum Gasteiger partial charge on any atom is 0.225 e. The van der Waals surface area contributed by atoms with Crippen LogP contribution in [0.25, 0.3) is 11.1 Å². The molecule has 29 heavy (non-hydrogen) atoms. The Morgan fingerprint density at radius 1 is 1.07 bits per heavy atom. The molecule has 1 saturated heterocycles. The lowest BCUT2D eigenvalue weighted by atomic mass is 9.78. The molecule has 0 radical (unpaired) electrons. The van der Waals surface area contributed by atoms with E-state index in [1.807, 2.05) is 38.1 Å². The second-order valence-electron chi connectivity index (χ2n) is 7.98. The molecule has 2 N–H and O–H groups in total. The van der Waals surface area contributed by atoms with E-state index in [1.54, 1.807) is 23.1 Å². The van der Waals surface area contributed by atoms with Gasteiger partial charge in [-0.25, -0.2) is 4.39 Å². The summed E-state index contributed by atoms with van der Waals surface area (Å²) in [5, 5.41) is 0. The first-order valence-corrected chi connectivity index (χ1v) is 10.3. The summed E-state index contributed by atoms with van der Waals surface area (Å²) in [6, 6.07) is 14.2. The number of likely N-dealkylation sites (tertiary alicyclic amines) is 1. The van der Waals surface area contributed by atoms with E-state index in [1.165, 1.54) is 6.07 Å². The summed E-state index contributed by atoms with van der Waals surface area (Å²) in [5.74, 6) is -0.629. The van der Waals surface area contributed by atoms with E-state index in [4.69, 9.17) is 5.73 Å². The van der Waals surface area contributed by atoms with Gasteiger partial charge in [-0.15, -0.1) is 0 Å². The number of primary amides is 1. The Kier molecular flexibility index (Phi) is 6.36. The van der Waals surface area contributed by atoms with Gasteiger partial charge in [0.25, 0.3) is 0 Å². The maximum absolute atomic E-state index is 14.4. The average molecular weight is 397 g/mol. The Hall–Kier alpha value is -2.69. The van der Waals surface area contributed by atoms with E-state index in [0.29, 0.717) is 31.5 Å². The molecule has 5 heteroatoms. The SMILES string of the molecule is CCC(CC)C(=O)N1CC[C@@](Cc2ccccc2-c2ccccc2F)(C(N)=O)C1. The van der Waals surface area contributed by atoms with Crippen molar-refractivity contribution in [3.05, 3.63) is 59.9 Å². The Balaban J connectivity index is 1.91. The number of halogens is 1. The van der Waals surface area contributed by atoms with Gasteiger partial charge in [0.15, 0.2) is 0 Å². The Labute approximate surface area is 171 Å². The lowest BCUT2D eigenvalue weighted by Crippen LogP contribution is -2.43. The first kappa shape index (κ1) is 21.0. The van der Waals surface area contributed by atoms with Gasteiger partial charge in [-0.1, -0.05) is 56.3 Å². The molecule has 1 atom stereocenters. The number of carbonyl (C=O) groups is 2. The monoisotopic (exact) mass is 396 g/mol. The molecular weight excluding hydrogens is 367 g/mol. The van der Waals surface area contributed by atoms with Crippen molar-refractivity contribution in [1.82, 2.24) is 4.90 Å². The van der Waals surface area contributed by atoms with Gasteiger partial charge in [0, 0.05) is 24.6 Å². The molecular formula is C24H29FN2O2. The van der Waals surface area contributed by atoms with Gasteiger partial charge in [0.1, 0.15) is 5.82 Å². The van der Waals surface area contributed by atoms with Crippen LogP contribution < -0.4 is 5.73 Å². The van der Waals surface area contributed by atoms with E-state index in [2.05, 4.69) is 0 Å². The van der Waals surface area contributed by atoms with Crippen LogP contribution in [-0.4, -0.2) is 29.8 Å². The first-order valence-electron chi connectivity index (χ1n) is 10.3. The van der Waals surface area contributed by atoms with Crippen LogP contribution in [0.1, 0.15) is 38.7 Å². The number of hydrogen-bond donors (Lipinski definition) is 1. The number of hydrogen-bond acceptors (Lipinski definition) is 2. The summed E-state index contributed by atoms with van der Waals surface area (Å²) >= 11 is 0. The topological polar surface area (TPSA) is 63.4 Å². The van der Waals surface area contributed by atoms with Crippen LogP contribution in [0.5, 0.6) is 0 Å². The minimum absolute atomic E-state index is 0.0237. The molecule has 0 aromatic heterocycles. The van der Waals surface area contributed by atoms with E-state index in [-0.39, 0.29) is 17.6 Å². The molecule has 1 aliphatic rings. The number of carbonyl (C=O) groups excluding carboxylic acids is 2. The van der Waals surface area contributed by atoms with E-state index in [9.17, 15) is 14.0 Å². The lowest BCUT2D eigenvalue weighted by Gasteiger charge is -2.28. The van der Waals surface area contributed by atoms with Crippen molar-refractivity contribution >= 4 is 11.8 Å². The zero-order valence-electron chi connectivity index (χ0n) is 17.2. The van der Waals surface area contributed by atoms with Crippen molar-refractivity contribution in [3.8, 4) is 11.1 Å². The minimum Gasteiger partial charge on any atom is -0.369 e. The molecule has 2 aromatic rings. The zero-order valence-corrected chi connectivity index (χ0v) is 17.2. The van der Waals surface area contributed by atoms with Gasteiger partial charge in [-0.2, -0.15) is 0 Å². The summed E-state index contributed by atoms with van der Waals surface area (Å²) in [7, 11) is 0. The standard InChI is InChI=1S/C24H29FN2O2/c1-3-17(4-2)22(28)27-14-13-24(16-27,23(26)29)15-18-9-5-6-10-19(18)20-11-7-8-12-21(20)25/h5-12,17H,3-4,13-16H2,1-2H3,(H2,26,29)/t24-/m0/s1. The van der Waals surface area contributed by atoms with Gasteiger partial charge in [0.2, 0.25) is 11.8 Å². The van der Waals surface area contributed by atoms with Crippen molar-refractivity contribution in [2.24, 2.45) is 17.1 Å². The number of rotatable bonds is 7. The molecule has 1 heterocycles. The third-order valence-corrected chi connectivity index (χ3v) is 6.23. The van der Waals surface area contributed by atoms with Crippen molar-refractivity contribution in [3.63, 3.8) is 0 Å². The van der Waals surface area contributed by atoms with Crippen molar-refractivity contribution < 1.29 is 14.0 Å². The quantitative estimate of drug-likeness (QED) is 0.763.